The Kier molecular flexibility index (Phi) is 3.03. The second kappa shape index (κ2) is 4.29. The Balaban J connectivity index is 2.36. The molecule has 0 aromatic heterocycles. The van der Waals surface area contributed by atoms with Crippen LogP contribution in [0.5, 0.6) is 0 Å². The average molecular weight is 208 g/mol. The molecule has 2 N–H and O–H groups in total. The van der Waals surface area contributed by atoms with Crippen molar-refractivity contribution in [2.24, 2.45) is 0 Å². The lowest BCUT2D eigenvalue weighted by Gasteiger charge is -2.38. The van der Waals surface area contributed by atoms with Crippen LogP contribution < -0.4 is 10.6 Å². The van der Waals surface area contributed by atoms with Crippen LogP contribution in [-0.2, 0) is 5.54 Å². The maximum atomic E-state index is 13.7. The van der Waals surface area contributed by atoms with Crippen LogP contribution in [0.1, 0.15) is 18.4 Å². The fourth-order valence-corrected chi connectivity index (χ4v) is 2.33. The molecule has 2 nitrogen and oxygen atoms in total. The first kappa shape index (κ1) is 10.6. The lowest BCUT2D eigenvalue weighted by molar-refractivity contribution is 0.261. The SMILES string of the molecule is CNC1(c2ccccc2F)CCCNC1. The first-order valence-electron chi connectivity index (χ1n) is 5.43. The molecule has 1 aromatic rings. The number of benzene rings is 1. The van der Waals surface area contributed by atoms with Crippen molar-refractivity contribution in [2.75, 3.05) is 20.1 Å². The zero-order valence-corrected chi connectivity index (χ0v) is 9.02. The fourth-order valence-electron chi connectivity index (χ4n) is 2.33. The van der Waals surface area contributed by atoms with Gasteiger partial charge in [0.1, 0.15) is 5.82 Å². The van der Waals surface area contributed by atoms with Crippen molar-refractivity contribution in [3.63, 3.8) is 0 Å². The smallest absolute Gasteiger partial charge is 0.128 e. The second-order valence-electron chi connectivity index (χ2n) is 4.09. The van der Waals surface area contributed by atoms with Crippen molar-refractivity contribution in [3.8, 4) is 0 Å². The third-order valence-electron chi connectivity index (χ3n) is 3.25. The molecular formula is C12H17FN2. The van der Waals surface area contributed by atoms with Gasteiger partial charge < -0.3 is 10.6 Å². The predicted molar refractivity (Wildman–Crippen MR) is 59.2 cm³/mol. The molecule has 0 saturated carbocycles. The number of hydrogen-bond acceptors (Lipinski definition) is 2. The Morgan fingerprint density at radius 1 is 1.40 bits per heavy atom. The summed E-state index contributed by atoms with van der Waals surface area (Å²) in [6.45, 7) is 1.82. The summed E-state index contributed by atoms with van der Waals surface area (Å²) in [4.78, 5) is 0. The zero-order valence-electron chi connectivity index (χ0n) is 9.02. The van der Waals surface area contributed by atoms with Gasteiger partial charge in [0.15, 0.2) is 0 Å². The van der Waals surface area contributed by atoms with Gasteiger partial charge in [-0.1, -0.05) is 18.2 Å². The average Bonchev–Trinajstić information content (AvgIpc) is 2.30. The second-order valence-corrected chi connectivity index (χ2v) is 4.09. The van der Waals surface area contributed by atoms with Gasteiger partial charge in [0.25, 0.3) is 0 Å². The third kappa shape index (κ3) is 1.90. The summed E-state index contributed by atoms with van der Waals surface area (Å²) in [6, 6.07) is 7.03. The summed E-state index contributed by atoms with van der Waals surface area (Å²) in [5.41, 5.74) is 0.545. The number of rotatable bonds is 2. The van der Waals surface area contributed by atoms with Gasteiger partial charge in [0, 0.05) is 12.1 Å². The van der Waals surface area contributed by atoms with Crippen LogP contribution in [-0.4, -0.2) is 20.1 Å². The summed E-state index contributed by atoms with van der Waals surface area (Å²) in [5, 5.41) is 6.60. The van der Waals surface area contributed by atoms with Crippen LogP contribution in [0.15, 0.2) is 24.3 Å². The van der Waals surface area contributed by atoms with E-state index in [1.165, 1.54) is 6.07 Å². The molecule has 82 valence electrons. The molecule has 1 heterocycles. The van der Waals surface area contributed by atoms with E-state index < -0.39 is 0 Å². The van der Waals surface area contributed by atoms with Gasteiger partial charge in [-0.3, -0.25) is 0 Å². The summed E-state index contributed by atoms with van der Waals surface area (Å²) >= 11 is 0. The Hall–Kier alpha value is -0.930. The number of piperidine rings is 1. The van der Waals surface area contributed by atoms with Crippen LogP contribution in [0, 0.1) is 5.82 Å². The predicted octanol–water partition coefficient (Wildman–Crippen LogP) is 1.62. The van der Waals surface area contributed by atoms with Crippen molar-refractivity contribution in [2.45, 2.75) is 18.4 Å². The highest BCUT2D eigenvalue weighted by Gasteiger charge is 2.34. The molecule has 0 spiro atoms. The van der Waals surface area contributed by atoms with E-state index in [-0.39, 0.29) is 11.4 Å². The first-order valence-corrected chi connectivity index (χ1v) is 5.43. The van der Waals surface area contributed by atoms with Crippen molar-refractivity contribution >= 4 is 0 Å². The van der Waals surface area contributed by atoms with E-state index >= 15 is 0 Å². The number of hydrogen-bond donors (Lipinski definition) is 2. The minimum absolute atomic E-state index is 0.115. The van der Waals surface area contributed by atoms with Crippen molar-refractivity contribution in [1.82, 2.24) is 10.6 Å². The Morgan fingerprint density at radius 3 is 2.80 bits per heavy atom. The summed E-state index contributed by atoms with van der Waals surface area (Å²) in [7, 11) is 1.90. The zero-order chi connectivity index (χ0) is 10.7. The van der Waals surface area contributed by atoms with Gasteiger partial charge in [-0.15, -0.1) is 0 Å². The normalized spacial score (nSPS) is 26.5. The maximum Gasteiger partial charge on any atom is 0.128 e. The van der Waals surface area contributed by atoms with Crippen LogP contribution in [0.25, 0.3) is 0 Å². The monoisotopic (exact) mass is 208 g/mol. The topological polar surface area (TPSA) is 24.1 Å². The quantitative estimate of drug-likeness (QED) is 0.772. The Labute approximate surface area is 89.9 Å². The van der Waals surface area contributed by atoms with Crippen LogP contribution >= 0.6 is 0 Å². The maximum absolute atomic E-state index is 13.7. The van der Waals surface area contributed by atoms with Crippen LogP contribution in [0.4, 0.5) is 4.39 Å². The number of halogens is 1. The first-order chi connectivity index (χ1) is 7.28. The van der Waals surface area contributed by atoms with E-state index in [1.54, 1.807) is 6.07 Å². The van der Waals surface area contributed by atoms with Gasteiger partial charge in [-0.05, 0) is 32.5 Å². The van der Waals surface area contributed by atoms with E-state index in [1.807, 2.05) is 19.2 Å². The molecule has 1 aliphatic heterocycles. The molecule has 1 aliphatic rings. The van der Waals surface area contributed by atoms with Crippen molar-refractivity contribution in [3.05, 3.63) is 35.6 Å². The molecule has 15 heavy (non-hydrogen) atoms. The lowest BCUT2D eigenvalue weighted by atomic mass is 9.83. The Bertz CT molecular complexity index is 332. The third-order valence-corrected chi connectivity index (χ3v) is 3.25. The molecular weight excluding hydrogens is 191 g/mol. The molecule has 2 rings (SSSR count). The van der Waals surface area contributed by atoms with E-state index in [2.05, 4.69) is 10.6 Å². The highest BCUT2D eigenvalue weighted by molar-refractivity contribution is 5.27. The van der Waals surface area contributed by atoms with Crippen molar-refractivity contribution < 1.29 is 4.39 Å². The minimum Gasteiger partial charge on any atom is -0.315 e. The van der Waals surface area contributed by atoms with Crippen LogP contribution in [0.3, 0.4) is 0 Å². The van der Waals surface area contributed by atoms with E-state index in [4.69, 9.17) is 0 Å². The highest BCUT2D eigenvalue weighted by Crippen LogP contribution is 2.29. The largest absolute Gasteiger partial charge is 0.315 e. The van der Waals surface area contributed by atoms with Crippen molar-refractivity contribution in [1.29, 1.82) is 0 Å². The molecule has 1 unspecified atom stereocenters. The van der Waals surface area contributed by atoms with E-state index in [0.29, 0.717) is 0 Å². The van der Waals surface area contributed by atoms with Crippen LogP contribution in [0.2, 0.25) is 0 Å². The molecule has 1 fully saturated rings. The molecule has 0 bridgehead atoms. The van der Waals surface area contributed by atoms with Gasteiger partial charge in [0.05, 0.1) is 5.54 Å². The summed E-state index contributed by atoms with van der Waals surface area (Å²) in [5.74, 6) is -0.115. The molecule has 3 heteroatoms. The Morgan fingerprint density at radius 2 is 2.20 bits per heavy atom. The van der Waals surface area contributed by atoms with E-state index in [0.717, 1.165) is 31.5 Å². The van der Waals surface area contributed by atoms with E-state index in [9.17, 15) is 4.39 Å². The number of likely N-dealkylation sites (N-methyl/N-ethyl adjacent to an activating group) is 1. The number of nitrogens with one attached hydrogen (secondary N) is 2. The van der Waals surface area contributed by atoms with Gasteiger partial charge in [0.2, 0.25) is 0 Å². The molecule has 0 radical (unpaired) electrons. The molecule has 1 atom stereocenters. The molecule has 1 saturated heterocycles. The molecule has 0 aliphatic carbocycles. The minimum atomic E-state index is -0.233. The standard InChI is InChI=1S/C12H17FN2/c1-14-12(7-4-8-15-9-12)10-5-2-3-6-11(10)13/h2-3,5-6,14-15H,4,7-9H2,1H3. The lowest BCUT2D eigenvalue weighted by Crippen LogP contribution is -2.52. The fraction of sp³-hybridized carbons (Fsp3) is 0.500. The summed E-state index contributed by atoms with van der Waals surface area (Å²) < 4.78 is 13.7. The van der Waals surface area contributed by atoms with Gasteiger partial charge in [-0.25, -0.2) is 4.39 Å². The highest BCUT2D eigenvalue weighted by atomic mass is 19.1. The van der Waals surface area contributed by atoms with Gasteiger partial charge >= 0.3 is 0 Å². The molecule has 1 aromatic carbocycles. The van der Waals surface area contributed by atoms with Gasteiger partial charge in [-0.2, -0.15) is 0 Å². The summed E-state index contributed by atoms with van der Waals surface area (Å²) in [6.07, 6.45) is 2.06. The molecule has 0 amide bonds.